The smallest absolute Gasteiger partial charge is 0.137 e. The van der Waals surface area contributed by atoms with Gasteiger partial charge in [0, 0.05) is 5.56 Å². The fourth-order valence-corrected chi connectivity index (χ4v) is 2.41. The van der Waals surface area contributed by atoms with Crippen molar-refractivity contribution in [2.24, 2.45) is 5.92 Å². The van der Waals surface area contributed by atoms with Crippen LogP contribution in [-0.4, -0.2) is 6.61 Å². The maximum Gasteiger partial charge on any atom is 0.137 e. The van der Waals surface area contributed by atoms with Crippen LogP contribution in [0.25, 0.3) is 0 Å². The van der Waals surface area contributed by atoms with Crippen LogP contribution in [0.3, 0.4) is 0 Å². The van der Waals surface area contributed by atoms with Crippen LogP contribution in [0.5, 0.6) is 5.75 Å². The molecule has 0 radical (unpaired) electrons. The van der Waals surface area contributed by atoms with Gasteiger partial charge < -0.3 is 4.74 Å². The monoisotopic (exact) mass is 288 g/mol. The van der Waals surface area contributed by atoms with E-state index in [1.165, 1.54) is 19.3 Å². The Morgan fingerprint density at radius 3 is 2.80 bits per heavy atom. The highest BCUT2D eigenvalue weighted by atomic mass is 79.9. The van der Waals surface area contributed by atoms with Crippen LogP contribution in [0.4, 0.5) is 0 Å². The van der Waals surface area contributed by atoms with Gasteiger partial charge in [-0.25, -0.2) is 0 Å². The molecule has 0 amide bonds. The van der Waals surface area contributed by atoms with Crippen molar-refractivity contribution in [2.45, 2.75) is 25.1 Å². The summed E-state index contributed by atoms with van der Waals surface area (Å²) in [5.74, 6) is 2.17. The van der Waals surface area contributed by atoms with Gasteiger partial charge in [0.05, 0.1) is 17.0 Å². The molecule has 3 heteroatoms. The average molecular weight is 290 g/mol. The van der Waals surface area contributed by atoms with Gasteiger partial charge in [-0.15, -0.1) is 11.6 Å². The highest BCUT2D eigenvalue weighted by molar-refractivity contribution is 9.10. The summed E-state index contributed by atoms with van der Waals surface area (Å²) in [4.78, 5) is 0. The van der Waals surface area contributed by atoms with E-state index in [0.29, 0.717) is 5.88 Å². The molecule has 0 heterocycles. The van der Waals surface area contributed by atoms with Crippen molar-refractivity contribution in [3.63, 3.8) is 0 Å². The summed E-state index contributed by atoms with van der Waals surface area (Å²) < 4.78 is 6.83. The van der Waals surface area contributed by atoms with Gasteiger partial charge >= 0.3 is 0 Å². The lowest BCUT2D eigenvalue weighted by Gasteiger charge is -2.25. The summed E-state index contributed by atoms with van der Waals surface area (Å²) in [5, 5.41) is 0. The first-order valence-corrected chi connectivity index (χ1v) is 6.60. The van der Waals surface area contributed by atoms with Gasteiger partial charge in [0.2, 0.25) is 0 Å². The lowest BCUT2D eigenvalue weighted by atomic mass is 9.86. The van der Waals surface area contributed by atoms with Crippen LogP contribution in [0, 0.1) is 5.92 Å². The Kier molecular flexibility index (Phi) is 3.92. The summed E-state index contributed by atoms with van der Waals surface area (Å²) in [6.45, 7) is 0.826. The molecule has 0 aromatic heterocycles. The van der Waals surface area contributed by atoms with E-state index >= 15 is 0 Å². The van der Waals surface area contributed by atoms with E-state index in [1.807, 2.05) is 18.2 Å². The van der Waals surface area contributed by atoms with Crippen LogP contribution in [-0.2, 0) is 5.88 Å². The molecule has 82 valence electrons. The minimum Gasteiger partial charge on any atom is -0.492 e. The molecule has 1 fully saturated rings. The van der Waals surface area contributed by atoms with E-state index in [4.69, 9.17) is 16.3 Å². The summed E-state index contributed by atoms with van der Waals surface area (Å²) in [6, 6.07) is 5.98. The molecule has 1 saturated carbocycles. The van der Waals surface area contributed by atoms with Gasteiger partial charge in [-0.05, 0) is 40.8 Å². The standard InChI is InChI=1S/C12H14BrClO/c13-11-6-2-5-10(7-14)12(11)15-8-9-3-1-4-9/h2,5-6,9H,1,3-4,7-8H2. The Bertz CT molecular complexity index is 336. The zero-order chi connectivity index (χ0) is 10.7. The molecule has 0 bridgehead atoms. The number of hydrogen-bond acceptors (Lipinski definition) is 1. The molecular formula is C12H14BrClO. The van der Waals surface area contributed by atoms with Crippen molar-refractivity contribution in [1.29, 1.82) is 0 Å². The SMILES string of the molecule is ClCc1cccc(Br)c1OCC1CCC1. The Hall–Kier alpha value is -0.210. The number of benzene rings is 1. The van der Waals surface area contributed by atoms with Crippen molar-refractivity contribution >= 4 is 27.5 Å². The Balaban J connectivity index is 2.04. The van der Waals surface area contributed by atoms with Crippen LogP contribution >= 0.6 is 27.5 Å². The predicted octanol–water partition coefficient (Wildman–Crippen LogP) is 4.37. The zero-order valence-corrected chi connectivity index (χ0v) is 10.9. The molecule has 0 N–H and O–H groups in total. The first kappa shape index (κ1) is 11.3. The number of alkyl halides is 1. The summed E-state index contributed by atoms with van der Waals surface area (Å²) in [7, 11) is 0. The third-order valence-electron chi connectivity index (χ3n) is 2.88. The van der Waals surface area contributed by atoms with Crippen molar-refractivity contribution in [3.8, 4) is 5.75 Å². The molecule has 15 heavy (non-hydrogen) atoms. The van der Waals surface area contributed by atoms with E-state index in [0.717, 1.165) is 28.3 Å². The second kappa shape index (κ2) is 5.22. The molecule has 1 aromatic rings. The van der Waals surface area contributed by atoms with Crippen molar-refractivity contribution in [1.82, 2.24) is 0 Å². The lowest BCUT2D eigenvalue weighted by Crippen LogP contribution is -2.19. The highest BCUT2D eigenvalue weighted by Crippen LogP contribution is 2.33. The van der Waals surface area contributed by atoms with E-state index in [9.17, 15) is 0 Å². The van der Waals surface area contributed by atoms with Crippen LogP contribution in [0.15, 0.2) is 22.7 Å². The molecule has 1 nitrogen and oxygen atoms in total. The Labute approximate surface area is 104 Å². The molecule has 0 aliphatic heterocycles. The second-order valence-corrected chi connectivity index (χ2v) is 5.09. The largest absolute Gasteiger partial charge is 0.492 e. The summed E-state index contributed by atoms with van der Waals surface area (Å²) in [6.07, 6.45) is 3.97. The topological polar surface area (TPSA) is 9.23 Å². The first-order chi connectivity index (χ1) is 7.31. The molecule has 1 aromatic carbocycles. The molecular weight excluding hydrogens is 275 g/mol. The van der Waals surface area contributed by atoms with E-state index in [2.05, 4.69) is 15.9 Å². The molecule has 1 aliphatic carbocycles. The predicted molar refractivity (Wildman–Crippen MR) is 66.5 cm³/mol. The Morgan fingerprint density at radius 2 is 2.20 bits per heavy atom. The summed E-state index contributed by atoms with van der Waals surface area (Å²) in [5.41, 5.74) is 1.06. The lowest BCUT2D eigenvalue weighted by molar-refractivity contribution is 0.179. The number of ether oxygens (including phenoxy) is 1. The Morgan fingerprint density at radius 1 is 1.40 bits per heavy atom. The van der Waals surface area contributed by atoms with E-state index < -0.39 is 0 Å². The number of hydrogen-bond donors (Lipinski definition) is 0. The van der Waals surface area contributed by atoms with Crippen LogP contribution in [0.1, 0.15) is 24.8 Å². The fourth-order valence-electron chi connectivity index (χ4n) is 1.68. The molecule has 0 atom stereocenters. The van der Waals surface area contributed by atoms with Crippen molar-refractivity contribution in [3.05, 3.63) is 28.2 Å². The highest BCUT2D eigenvalue weighted by Gasteiger charge is 2.19. The van der Waals surface area contributed by atoms with Crippen molar-refractivity contribution in [2.75, 3.05) is 6.61 Å². The van der Waals surface area contributed by atoms with Crippen LogP contribution in [0.2, 0.25) is 0 Å². The second-order valence-electron chi connectivity index (χ2n) is 3.97. The van der Waals surface area contributed by atoms with Crippen LogP contribution < -0.4 is 4.74 Å². The molecule has 0 saturated heterocycles. The van der Waals surface area contributed by atoms with Crippen molar-refractivity contribution < 1.29 is 4.74 Å². The quantitative estimate of drug-likeness (QED) is 0.748. The summed E-state index contributed by atoms with van der Waals surface area (Å²) >= 11 is 9.36. The number of rotatable bonds is 4. The van der Waals surface area contributed by atoms with E-state index in [-0.39, 0.29) is 0 Å². The van der Waals surface area contributed by atoms with Gasteiger partial charge in [-0.3, -0.25) is 0 Å². The number of halogens is 2. The average Bonchev–Trinajstić information content (AvgIpc) is 2.17. The van der Waals surface area contributed by atoms with Gasteiger partial charge in [0.25, 0.3) is 0 Å². The molecule has 0 spiro atoms. The van der Waals surface area contributed by atoms with Gasteiger partial charge in [-0.2, -0.15) is 0 Å². The van der Waals surface area contributed by atoms with E-state index in [1.54, 1.807) is 0 Å². The molecule has 2 rings (SSSR count). The third kappa shape index (κ3) is 2.67. The molecule has 0 unspecified atom stereocenters. The fraction of sp³-hybridized carbons (Fsp3) is 0.500. The normalized spacial score (nSPS) is 16.1. The maximum atomic E-state index is 5.87. The number of para-hydroxylation sites is 1. The zero-order valence-electron chi connectivity index (χ0n) is 8.51. The van der Waals surface area contributed by atoms with Gasteiger partial charge in [-0.1, -0.05) is 18.6 Å². The third-order valence-corrected chi connectivity index (χ3v) is 3.79. The maximum absolute atomic E-state index is 5.87. The minimum absolute atomic E-state index is 0.499. The minimum atomic E-state index is 0.499. The van der Waals surface area contributed by atoms with Gasteiger partial charge in [0.15, 0.2) is 0 Å². The molecule has 1 aliphatic rings. The van der Waals surface area contributed by atoms with Gasteiger partial charge in [0.1, 0.15) is 5.75 Å². The first-order valence-electron chi connectivity index (χ1n) is 5.27.